The smallest absolute Gasteiger partial charge is 0.337 e. The number of benzene rings is 2. The van der Waals surface area contributed by atoms with Gasteiger partial charge < -0.3 is 14.8 Å². The largest absolute Gasteiger partial charge is 0.465 e. The minimum Gasteiger partial charge on any atom is -0.465 e. The van der Waals surface area contributed by atoms with Gasteiger partial charge in [-0.3, -0.25) is 9.10 Å². The fourth-order valence-corrected chi connectivity index (χ4v) is 5.52. The van der Waals surface area contributed by atoms with E-state index in [1.54, 1.807) is 0 Å². The Labute approximate surface area is 198 Å². The average Bonchev–Trinajstić information content (AvgIpc) is 2.82. The molecular weight excluding hydrogens is 486 g/mol. The number of hydrogen-bond acceptors (Lipinski definition) is 8. The Morgan fingerprint density at radius 2 is 1.59 bits per heavy atom. The van der Waals surface area contributed by atoms with Crippen LogP contribution < -0.4 is 9.62 Å². The van der Waals surface area contributed by atoms with Crippen LogP contribution in [-0.4, -0.2) is 79.2 Å². The summed E-state index contributed by atoms with van der Waals surface area (Å²) in [5.74, 6) is -1.15. The first-order valence-electron chi connectivity index (χ1n) is 10.2. The van der Waals surface area contributed by atoms with Crippen molar-refractivity contribution in [2.24, 2.45) is 0 Å². The first-order chi connectivity index (χ1) is 16.0. The van der Waals surface area contributed by atoms with Gasteiger partial charge in [-0.05, 0) is 48.5 Å². The standard InChI is InChI=1S/C21H25N3O8S2/c1-31-21(26)16-3-5-17(6-4-16)22-20(25)15-24(33(2,27)28)18-7-9-19(10-8-18)34(29,30)23-11-13-32-14-12-23/h3-10H,11-15H2,1-2H3,(H,22,25). The molecule has 13 heteroatoms. The third kappa shape index (κ3) is 6.11. The van der Waals surface area contributed by atoms with E-state index >= 15 is 0 Å². The van der Waals surface area contributed by atoms with Crippen LogP contribution in [0.4, 0.5) is 11.4 Å². The van der Waals surface area contributed by atoms with Crippen molar-refractivity contribution >= 4 is 43.3 Å². The van der Waals surface area contributed by atoms with Gasteiger partial charge in [-0.2, -0.15) is 4.31 Å². The molecule has 0 bridgehead atoms. The highest BCUT2D eigenvalue weighted by atomic mass is 32.2. The van der Waals surface area contributed by atoms with Crippen molar-refractivity contribution in [2.75, 3.05) is 55.8 Å². The quantitative estimate of drug-likeness (QED) is 0.516. The molecule has 1 N–H and O–H groups in total. The van der Waals surface area contributed by atoms with E-state index in [9.17, 15) is 26.4 Å². The molecule has 34 heavy (non-hydrogen) atoms. The molecule has 3 rings (SSSR count). The average molecular weight is 512 g/mol. The number of nitrogens with one attached hydrogen (secondary N) is 1. The minimum absolute atomic E-state index is 0.0155. The van der Waals surface area contributed by atoms with Crippen LogP contribution >= 0.6 is 0 Å². The van der Waals surface area contributed by atoms with E-state index in [1.807, 2.05) is 0 Å². The summed E-state index contributed by atoms with van der Waals surface area (Å²) in [6.07, 6.45) is 0.948. The molecule has 11 nitrogen and oxygen atoms in total. The number of ether oxygens (including phenoxy) is 2. The Morgan fingerprint density at radius 3 is 2.12 bits per heavy atom. The molecule has 184 valence electrons. The zero-order valence-electron chi connectivity index (χ0n) is 18.6. The van der Waals surface area contributed by atoms with E-state index in [2.05, 4.69) is 10.1 Å². The number of rotatable bonds is 8. The Hall–Kier alpha value is -3.00. The maximum Gasteiger partial charge on any atom is 0.337 e. The summed E-state index contributed by atoms with van der Waals surface area (Å²) < 4.78 is 62.2. The number of morpholine rings is 1. The van der Waals surface area contributed by atoms with Crippen LogP contribution in [0.2, 0.25) is 0 Å². The molecule has 2 aromatic rings. The van der Waals surface area contributed by atoms with Crippen LogP contribution in [0, 0.1) is 0 Å². The molecule has 0 atom stereocenters. The molecule has 0 saturated carbocycles. The second-order valence-electron chi connectivity index (χ2n) is 7.40. The van der Waals surface area contributed by atoms with Crippen molar-refractivity contribution < 1.29 is 35.9 Å². The van der Waals surface area contributed by atoms with Crippen LogP contribution in [0.25, 0.3) is 0 Å². The number of amides is 1. The molecule has 1 heterocycles. The van der Waals surface area contributed by atoms with Crippen LogP contribution in [0.5, 0.6) is 0 Å². The predicted octanol–water partition coefficient (Wildman–Crippen LogP) is 0.899. The molecule has 0 spiro atoms. The van der Waals surface area contributed by atoms with Gasteiger partial charge in [-0.25, -0.2) is 21.6 Å². The van der Waals surface area contributed by atoms with E-state index in [-0.39, 0.29) is 23.7 Å². The Kier molecular flexibility index (Phi) is 7.92. The second-order valence-corrected chi connectivity index (χ2v) is 11.2. The number of anilines is 2. The zero-order valence-corrected chi connectivity index (χ0v) is 20.3. The molecule has 1 saturated heterocycles. The molecule has 0 radical (unpaired) electrons. The monoisotopic (exact) mass is 511 g/mol. The maximum absolute atomic E-state index is 12.8. The van der Waals surface area contributed by atoms with E-state index in [4.69, 9.17) is 4.74 Å². The molecule has 0 aliphatic carbocycles. The molecular formula is C21H25N3O8S2. The number of hydrogen-bond donors (Lipinski definition) is 1. The van der Waals surface area contributed by atoms with Gasteiger partial charge in [-0.1, -0.05) is 0 Å². The van der Waals surface area contributed by atoms with Crippen molar-refractivity contribution in [2.45, 2.75) is 4.90 Å². The van der Waals surface area contributed by atoms with E-state index in [0.29, 0.717) is 24.5 Å². The van der Waals surface area contributed by atoms with Gasteiger partial charge in [0.1, 0.15) is 6.54 Å². The van der Waals surface area contributed by atoms with Gasteiger partial charge in [0.2, 0.25) is 26.0 Å². The number of nitrogens with zero attached hydrogens (tertiary/aromatic N) is 2. The van der Waals surface area contributed by atoms with Gasteiger partial charge in [0.25, 0.3) is 0 Å². The van der Waals surface area contributed by atoms with E-state index < -0.39 is 38.5 Å². The molecule has 1 aliphatic heterocycles. The van der Waals surface area contributed by atoms with Crippen molar-refractivity contribution in [1.82, 2.24) is 4.31 Å². The van der Waals surface area contributed by atoms with Crippen LogP contribution in [0.1, 0.15) is 10.4 Å². The lowest BCUT2D eigenvalue weighted by Crippen LogP contribution is -2.40. The highest BCUT2D eigenvalue weighted by molar-refractivity contribution is 7.92. The van der Waals surface area contributed by atoms with Gasteiger partial charge >= 0.3 is 5.97 Å². The number of methoxy groups -OCH3 is 1. The third-order valence-electron chi connectivity index (χ3n) is 5.01. The molecule has 0 unspecified atom stereocenters. The number of carbonyl (C=O) groups excluding carboxylic acids is 2. The number of sulfonamides is 2. The molecule has 0 aromatic heterocycles. The summed E-state index contributed by atoms with van der Waals surface area (Å²) in [6.45, 7) is 0.549. The summed E-state index contributed by atoms with van der Waals surface area (Å²) >= 11 is 0. The fraction of sp³-hybridized carbons (Fsp3) is 0.333. The summed E-state index contributed by atoms with van der Waals surface area (Å²) in [4.78, 5) is 24.0. The van der Waals surface area contributed by atoms with Crippen LogP contribution in [0.15, 0.2) is 53.4 Å². The lowest BCUT2D eigenvalue weighted by Gasteiger charge is -2.26. The summed E-state index contributed by atoms with van der Waals surface area (Å²) in [7, 11) is -6.35. The molecule has 1 aliphatic rings. The van der Waals surface area contributed by atoms with Crippen LogP contribution in [-0.2, 0) is 34.3 Å². The van der Waals surface area contributed by atoms with Gasteiger partial charge in [0, 0.05) is 18.8 Å². The summed E-state index contributed by atoms with van der Waals surface area (Å²) in [6, 6.07) is 11.2. The Morgan fingerprint density at radius 1 is 1.00 bits per heavy atom. The molecule has 1 amide bonds. The summed E-state index contributed by atoms with van der Waals surface area (Å²) in [5.41, 5.74) is 0.794. The van der Waals surface area contributed by atoms with E-state index in [1.165, 1.54) is 59.9 Å². The maximum atomic E-state index is 12.8. The van der Waals surface area contributed by atoms with Gasteiger partial charge in [0.15, 0.2) is 0 Å². The lowest BCUT2D eigenvalue weighted by atomic mass is 10.2. The molecule has 1 fully saturated rings. The topological polar surface area (TPSA) is 139 Å². The highest BCUT2D eigenvalue weighted by Gasteiger charge is 2.27. The SMILES string of the molecule is COC(=O)c1ccc(NC(=O)CN(c2ccc(S(=O)(=O)N3CCOCC3)cc2)S(C)(=O)=O)cc1. The van der Waals surface area contributed by atoms with E-state index in [0.717, 1.165) is 10.6 Å². The lowest BCUT2D eigenvalue weighted by molar-refractivity contribution is -0.114. The Balaban J connectivity index is 1.74. The minimum atomic E-state index is -3.86. The first kappa shape index (κ1) is 25.6. The van der Waals surface area contributed by atoms with Crippen molar-refractivity contribution in [3.05, 3.63) is 54.1 Å². The van der Waals surface area contributed by atoms with Crippen molar-refractivity contribution in [3.63, 3.8) is 0 Å². The first-order valence-corrected chi connectivity index (χ1v) is 13.4. The number of esters is 1. The number of carbonyl (C=O) groups is 2. The molecule has 2 aromatic carbocycles. The Bertz CT molecular complexity index is 1240. The summed E-state index contributed by atoms with van der Waals surface area (Å²) in [5, 5.41) is 2.57. The van der Waals surface area contributed by atoms with Crippen LogP contribution in [0.3, 0.4) is 0 Å². The zero-order chi connectivity index (χ0) is 24.9. The van der Waals surface area contributed by atoms with Gasteiger partial charge in [-0.15, -0.1) is 0 Å². The van der Waals surface area contributed by atoms with Gasteiger partial charge in [0.05, 0.1) is 42.7 Å². The second kappa shape index (κ2) is 10.5. The predicted molar refractivity (Wildman–Crippen MR) is 125 cm³/mol. The normalized spacial score (nSPS) is 14.9. The third-order valence-corrected chi connectivity index (χ3v) is 8.06. The van der Waals surface area contributed by atoms with Crippen molar-refractivity contribution in [3.8, 4) is 0 Å². The van der Waals surface area contributed by atoms with Crippen molar-refractivity contribution in [1.29, 1.82) is 0 Å². The highest BCUT2D eigenvalue weighted by Crippen LogP contribution is 2.23. The fourth-order valence-electron chi connectivity index (χ4n) is 3.26.